The van der Waals surface area contributed by atoms with E-state index >= 15 is 0 Å². The van der Waals surface area contributed by atoms with Crippen LogP contribution in [-0.2, 0) is 12.8 Å². The predicted molar refractivity (Wildman–Crippen MR) is 144 cm³/mol. The zero-order valence-corrected chi connectivity index (χ0v) is 20.9. The lowest BCUT2D eigenvalue weighted by Gasteiger charge is -2.20. The fraction of sp³-hybridized carbons (Fsp3) is 0.250. The van der Waals surface area contributed by atoms with Crippen LogP contribution in [0.2, 0.25) is 12.1 Å². The largest absolute Gasteiger partial charge is 0.396 e. The lowest BCUT2D eigenvalue weighted by molar-refractivity contribution is 0.299. The van der Waals surface area contributed by atoms with E-state index in [0.717, 1.165) is 21.6 Å². The van der Waals surface area contributed by atoms with E-state index in [4.69, 9.17) is 0 Å². The predicted octanol–water partition coefficient (Wildman–Crippen LogP) is 6.22. The highest BCUT2D eigenvalue weighted by molar-refractivity contribution is 6.36. The van der Waals surface area contributed by atoms with Gasteiger partial charge in [0.25, 0.3) is 0 Å². The van der Waals surface area contributed by atoms with E-state index in [1.165, 1.54) is 55.6 Å². The molecule has 6 rings (SSSR count). The maximum atomic E-state index is 9.71. The van der Waals surface area contributed by atoms with Gasteiger partial charge < -0.3 is 10.2 Å². The second-order valence-corrected chi connectivity index (χ2v) is 11.0. The molecule has 4 aromatic carbocycles. The van der Waals surface area contributed by atoms with E-state index in [1.807, 2.05) is 0 Å². The first-order valence-electron chi connectivity index (χ1n) is 12.7. The Morgan fingerprint density at radius 2 is 0.943 bits per heavy atom. The van der Waals surface area contributed by atoms with Gasteiger partial charge in [0.2, 0.25) is 0 Å². The molecule has 2 radical (unpaired) electrons. The molecular weight excluding hydrogens is 444 g/mol. The lowest BCUT2D eigenvalue weighted by Crippen LogP contribution is -2.09. The van der Waals surface area contributed by atoms with E-state index in [-0.39, 0.29) is 13.2 Å². The van der Waals surface area contributed by atoms with Crippen molar-refractivity contribution in [2.24, 2.45) is 0 Å². The van der Waals surface area contributed by atoms with Gasteiger partial charge in [-0.05, 0) is 68.5 Å². The van der Waals surface area contributed by atoms with Crippen molar-refractivity contribution < 1.29 is 10.2 Å². The van der Waals surface area contributed by atoms with Gasteiger partial charge in [-0.25, -0.2) is 0 Å². The number of aliphatic hydroxyl groups is 2. The number of hydrogen-bond acceptors (Lipinski definition) is 2. The van der Waals surface area contributed by atoms with Gasteiger partial charge in [-0.2, -0.15) is 0 Å². The Balaban J connectivity index is 1.32. The molecule has 174 valence electrons. The van der Waals surface area contributed by atoms with Crippen LogP contribution in [0.3, 0.4) is 0 Å². The fourth-order valence-corrected chi connectivity index (χ4v) is 7.99. The van der Waals surface area contributed by atoms with Crippen molar-refractivity contribution in [1.29, 1.82) is 0 Å². The first-order valence-corrected chi connectivity index (χ1v) is 14.1. The molecule has 35 heavy (non-hydrogen) atoms. The second-order valence-electron chi connectivity index (χ2n) is 9.64. The van der Waals surface area contributed by atoms with Gasteiger partial charge in [0.15, 0.2) is 0 Å². The summed E-state index contributed by atoms with van der Waals surface area (Å²) in [5.41, 5.74) is 13.7. The number of fused-ring (bicyclic) bond motifs is 6. The third kappa shape index (κ3) is 3.79. The van der Waals surface area contributed by atoms with Crippen molar-refractivity contribution in [3.63, 3.8) is 0 Å². The zero-order valence-electron chi connectivity index (χ0n) is 19.9. The Bertz CT molecular complexity index is 1270. The Hall–Kier alpha value is -2.98. The topological polar surface area (TPSA) is 40.5 Å². The molecule has 0 saturated carbocycles. The molecule has 2 N–H and O–H groups in total. The molecule has 0 amide bonds. The molecule has 2 atom stereocenters. The maximum absolute atomic E-state index is 9.71. The lowest BCUT2D eigenvalue weighted by atomic mass is 9.93. The zero-order chi connectivity index (χ0) is 23.8. The fourth-order valence-electron chi connectivity index (χ4n) is 6.40. The van der Waals surface area contributed by atoms with Crippen molar-refractivity contribution in [3.05, 3.63) is 118 Å². The average Bonchev–Trinajstić information content (AvgIpc) is 3.39. The van der Waals surface area contributed by atoms with E-state index in [9.17, 15) is 10.2 Å². The van der Waals surface area contributed by atoms with E-state index < -0.39 is 0 Å². The Morgan fingerprint density at radius 1 is 0.514 bits per heavy atom. The molecule has 2 aliphatic carbocycles. The van der Waals surface area contributed by atoms with E-state index in [1.54, 1.807) is 0 Å². The summed E-state index contributed by atoms with van der Waals surface area (Å²) in [6.07, 6.45) is 1.43. The molecule has 2 aliphatic rings. The highest BCUT2D eigenvalue weighted by atomic mass is 28.2. The van der Waals surface area contributed by atoms with Crippen LogP contribution in [0.1, 0.15) is 45.2 Å². The van der Waals surface area contributed by atoms with Gasteiger partial charge >= 0.3 is 0 Å². The van der Waals surface area contributed by atoms with Gasteiger partial charge in [-0.1, -0.05) is 97.0 Å². The molecule has 0 spiro atoms. The van der Waals surface area contributed by atoms with Crippen molar-refractivity contribution >= 4 is 9.52 Å². The van der Waals surface area contributed by atoms with Gasteiger partial charge in [0.05, 0.1) is 0 Å². The van der Waals surface area contributed by atoms with Crippen LogP contribution < -0.4 is 0 Å². The molecule has 0 aromatic heterocycles. The van der Waals surface area contributed by atoms with E-state index in [2.05, 4.69) is 84.9 Å². The summed E-state index contributed by atoms with van der Waals surface area (Å²) in [6, 6.07) is 33.1. The highest BCUT2D eigenvalue weighted by Gasteiger charge is 2.33. The standard InChI is InChI=1S/C32H30O2Si/c33-17-15-21-7-5-13-27-23-9-1-3-11-25(23)29(31(21)27)19-35-20-30-26-12-4-2-10-24(26)28-14-6-8-22(16-18-34)32(28)30/h1-14,29-30,33-34H,15-20H2. The van der Waals surface area contributed by atoms with Crippen LogP contribution in [0.25, 0.3) is 22.3 Å². The monoisotopic (exact) mass is 474 g/mol. The third-order valence-electron chi connectivity index (χ3n) is 7.80. The molecule has 0 heterocycles. The molecule has 0 fully saturated rings. The smallest absolute Gasteiger partial charge is 0.0471 e. The summed E-state index contributed by atoms with van der Waals surface area (Å²) in [4.78, 5) is 0. The van der Waals surface area contributed by atoms with E-state index in [0.29, 0.717) is 24.7 Å². The maximum Gasteiger partial charge on any atom is 0.0471 e. The number of hydrogen-bond donors (Lipinski definition) is 2. The highest BCUT2D eigenvalue weighted by Crippen LogP contribution is 2.50. The minimum Gasteiger partial charge on any atom is -0.396 e. The Labute approximate surface area is 210 Å². The van der Waals surface area contributed by atoms with Crippen LogP contribution in [0, 0.1) is 0 Å². The van der Waals surface area contributed by atoms with Crippen molar-refractivity contribution in [2.45, 2.75) is 36.8 Å². The first-order chi connectivity index (χ1) is 17.3. The quantitative estimate of drug-likeness (QED) is 0.298. The van der Waals surface area contributed by atoms with Gasteiger partial charge in [0, 0.05) is 34.6 Å². The number of benzene rings is 4. The third-order valence-corrected chi connectivity index (χ3v) is 9.20. The number of aliphatic hydroxyl groups excluding tert-OH is 2. The summed E-state index contributed by atoms with van der Waals surface area (Å²) in [7, 11) is 0.820. The molecule has 0 saturated heterocycles. The van der Waals surface area contributed by atoms with Crippen LogP contribution in [0.15, 0.2) is 84.9 Å². The molecule has 2 nitrogen and oxygen atoms in total. The summed E-state index contributed by atoms with van der Waals surface area (Å²) in [5, 5.41) is 19.4. The SMILES string of the molecule is OCCc1cccc2c1C(C[Si]CC1c3ccccc3-c3cccc(CCO)c31)c1ccccc1-2. The van der Waals surface area contributed by atoms with Crippen molar-refractivity contribution in [1.82, 2.24) is 0 Å². The molecule has 3 heteroatoms. The van der Waals surface area contributed by atoms with Crippen LogP contribution in [0.4, 0.5) is 0 Å². The molecular formula is C32H30O2Si. The molecule has 4 aromatic rings. The normalized spacial score (nSPS) is 17.1. The molecule has 2 unspecified atom stereocenters. The van der Waals surface area contributed by atoms with Crippen molar-refractivity contribution in [3.8, 4) is 22.3 Å². The Kier molecular flexibility index (Phi) is 6.15. The number of rotatable bonds is 8. The minimum atomic E-state index is 0.186. The average molecular weight is 475 g/mol. The first kappa shape index (κ1) is 22.5. The minimum absolute atomic E-state index is 0.186. The van der Waals surface area contributed by atoms with Crippen molar-refractivity contribution in [2.75, 3.05) is 13.2 Å². The Morgan fingerprint density at radius 3 is 1.40 bits per heavy atom. The second kappa shape index (κ2) is 9.58. The van der Waals surface area contributed by atoms with Crippen LogP contribution in [-0.4, -0.2) is 32.9 Å². The summed E-state index contributed by atoms with van der Waals surface area (Å²) in [6.45, 7) is 0.371. The molecule has 0 aliphatic heterocycles. The van der Waals surface area contributed by atoms with Crippen LogP contribution in [0.5, 0.6) is 0 Å². The summed E-state index contributed by atoms with van der Waals surface area (Å²) < 4.78 is 0. The van der Waals surface area contributed by atoms with Gasteiger partial charge in [-0.15, -0.1) is 0 Å². The van der Waals surface area contributed by atoms with Gasteiger partial charge in [-0.3, -0.25) is 0 Å². The summed E-state index contributed by atoms with van der Waals surface area (Å²) >= 11 is 0. The van der Waals surface area contributed by atoms with Crippen LogP contribution >= 0.6 is 0 Å². The van der Waals surface area contributed by atoms with Gasteiger partial charge in [0.1, 0.15) is 0 Å². The molecule has 0 bridgehead atoms. The summed E-state index contributed by atoms with van der Waals surface area (Å²) in [5.74, 6) is 0.789.